The van der Waals surface area contributed by atoms with Crippen molar-refractivity contribution in [1.29, 1.82) is 0 Å². The Labute approximate surface area is 186 Å². The van der Waals surface area contributed by atoms with Crippen molar-refractivity contribution in [3.05, 3.63) is 82.9 Å². The molecule has 0 radical (unpaired) electrons. The molecule has 0 aliphatic carbocycles. The third-order valence-electron chi connectivity index (χ3n) is 5.17. The molecule has 0 saturated carbocycles. The summed E-state index contributed by atoms with van der Waals surface area (Å²) in [5, 5.41) is 3.42. The van der Waals surface area contributed by atoms with Gasteiger partial charge in [-0.05, 0) is 85.1 Å². The van der Waals surface area contributed by atoms with Crippen LogP contribution in [0.3, 0.4) is 0 Å². The zero-order valence-electron chi connectivity index (χ0n) is 16.8. The molecule has 3 aromatic carbocycles. The Morgan fingerprint density at radius 2 is 1.74 bits per heavy atom. The number of nitrogens with zero attached hydrogens (tertiary/aromatic N) is 1. The topological polar surface area (TPSA) is 75.7 Å². The summed E-state index contributed by atoms with van der Waals surface area (Å²) in [6.07, 6.45) is 1.42. The number of hydrogen-bond donors (Lipinski definition) is 1. The Kier molecular flexibility index (Phi) is 5.89. The van der Waals surface area contributed by atoms with Crippen LogP contribution in [0.1, 0.15) is 22.3 Å². The quantitative estimate of drug-likeness (QED) is 0.601. The van der Waals surface area contributed by atoms with Gasteiger partial charge in [-0.1, -0.05) is 11.6 Å². The molecule has 6 nitrogen and oxygen atoms in total. The predicted octanol–water partition coefficient (Wildman–Crippen LogP) is 4.74. The van der Waals surface area contributed by atoms with Crippen molar-refractivity contribution in [3.63, 3.8) is 0 Å². The van der Waals surface area contributed by atoms with Gasteiger partial charge in [-0.3, -0.25) is 9.10 Å². The number of methoxy groups -OCH3 is 1. The highest BCUT2D eigenvalue weighted by Crippen LogP contribution is 2.34. The molecule has 3 aromatic rings. The lowest BCUT2D eigenvalue weighted by atomic mass is 10.0. The van der Waals surface area contributed by atoms with Crippen molar-refractivity contribution in [2.75, 3.05) is 23.3 Å². The number of carbonyl (C=O) groups excluding carboxylic acids is 1. The standard InChI is InChI=1S/C23H21ClN2O4S/c1-30-20-9-11-21(12-10-20)31(28,29)26-14-2-3-17-15-19(8-13-22(17)26)25-23(27)16-4-6-18(24)7-5-16/h4-13,15H,2-3,14H2,1H3,(H,25,27). The summed E-state index contributed by atoms with van der Waals surface area (Å²) in [5.74, 6) is 0.342. The van der Waals surface area contributed by atoms with E-state index in [2.05, 4.69) is 5.32 Å². The molecule has 0 aromatic heterocycles. The van der Waals surface area contributed by atoms with E-state index in [-0.39, 0.29) is 10.8 Å². The molecule has 0 atom stereocenters. The van der Waals surface area contributed by atoms with Crippen molar-refractivity contribution >= 4 is 38.9 Å². The molecule has 1 amide bonds. The third kappa shape index (κ3) is 4.38. The summed E-state index contributed by atoms with van der Waals surface area (Å²) in [4.78, 5) is 12.7. The average molecular weight is 457 g/mol. The summed E-state index contributed by atoms with van der Waals surface area (Å²) < 4.78 is 33.0. The Morgan fingerprint density at radius 3 is 2.42 bits per heavy atom. The summed E-state index contributed by atoms with van der Waals surface area (Å²) >= 11 is 5.87. The zero-order chi connectivity index (χ0) is 22.0. The highest BCUT2D eigenvalue weighted by Gasteiger charge is 2.29. The Morgan fingerprint density at radius 1 is 1.03 bits per heavy atom. The maximum atomic E-state index is 13.2. The first-order valence-electron chi connectivity index (χ1n) is 9.75. The molecule has 4 rings (SSSR count). The van der Waals surface area contributed by atoms with Crippen LogP contribution in [0.2, 0.25) is 5.02 Å². The molecular formula is C23H21ClN2O4S. The lowest BCUT2D eigenvalue weighted by Crippen LogP contribution is -2.35. The first-order chi connectivity index (χ1) is 14.9. The average Bonchev–Trinajstić information content (AvgIpc) is 2.79. The van der Waals surface area contributed by atoms with Crippen molar-refractivity contribution < 1.29 is 17.9 Å². The van der Waals surface area contributed by atoms with Gasteiger partial charge in [0.15, 0.2) is 0 Å². The lowest BCUT2D eigenvalue weighted by molar-refractivity contribution is 0.102. The van der Waals surface area contributed by atoms with Gasteiger partial charge in [0, 0.05) is 22.8 Å². The van der Waals surface area contributed by atoms with Gasteiger partial charge in [0.25, 0.3) is 15.9 Å². The van der Waals surface area contributed by atoms with Gasteiger partial charge in [0.05, 0.1) is 17.7 Å². The van der Waals surface area contributed by atoms with Crippen molar-refractivity contribution in [3.8, 4) is 5.75 Å². The number of rotatable bonds is 5. The van der Waals surface area contributed by atoms with E-state index in [0.717, 1.165) is 12.0 Å². The summed E-state index contributed by atoms with van der Waals surface area (Å²) in [6.45, 7) is 0.401. The van der Waals surface area contributed by atoms with Crippen molar-refractivity contribution in [2.24, 2.45) is 0 Å². The highest BCUT2D eigenvalue weighted by molar-refractivity contribution is 7.92. The lowest BCUT2D eigenvalue weighted by Gasteiger charge is -2.31. The second-order valence-electron chi connectivity index (χ2n) is 7.16. The smallest absolute Gasteiger partial charge is 0.264 e. The number of benzene rings is 3. The van der Waals surface area contributed by atoms with Gasteiger partial charge in [-0.2, -0.15) is 0 Å². The van der Waals surface area contributed by atoms with Crippen LogP contribution >= 0.6 is 11.6 Å². The third-order valence-corrected chi connectivity index (χ3v) is 7.25. The molecule has 0 bridgehead atoms. The molecule has 0 fully saturated rings. The fourth-order valence-corrected chi connectivity index (χ4v) is 5.24. The Hall–Kier alpha value is -3.03. The van der Waals surface area contributed by atoms with E-state index in [1.165, 1.54) is 11.4 Å². The molecule has 1 heterocycles. The molecule has 31 heavy (non-hydrogen) atoms. The molecule has 1 aliphatic heterocycles. The minimum Gasteiger partial charge on any atom is -0.497 e. The minimum atomic E-state index is -3.71. The summed E-state index contributed by atoms with van der Waals surface area (Å²) in [5.41, 5.74) is 2.61. The number of sulfonamides is 1. The Balaban J connectivity index is 1.59. The van der Waals surface area contributed by atoms with E-state index < -0.39 is 10.0 Å². The van der Waals surface area contributed by atoms with Crippen LogP contribution in [0.4, 0.5) is 11.4 Å². The van der Waals surface area contributed by atoms with Gasteiger partial charge in [-0.15, -0.1) is 0 Å². The number of carbonyl (C=O) groups is 1. The van der Waals surface area contributed by atoms with E-state index in [1.54, 1.807) is 60.7 Å². The van der Waals surface area contributed by atoms with E-state index in [1.807, 2.05) is 6.07 Å². The SMILES string of the molecule is COc1ccc(S(=O)(=O)N2CCCc3cc(NC(=O)c4ccc(Cl)cc4)ccc32)cc1. The van der Waals surface area contributed by atoms with E-state index in [0.29, 0.717) is 40.7 Å². The van der Waals surface area contributed by atoms with Crippen LogP contribution in [-0.2, 0) is 16.4 Å². The number of hydrogen-bond acceptors (Lipinski definition) is 4. The second-order valence-corrected chi connectivity index (χ2v) is 9.46. The van der Waals surface area contributed by atoms with Crippen LogP contribution in [0, 0.1) is 0 Å². The maximum Gasteiger partial charge on any atom is 0.264 e. The number of fused-ring (bicyclic) bond motifs is 1. The molecule has 8 heteroatoms. The van der Waals surface area contributed by atoms with E-state index >= 15 is 0 Å². The molecular weight excluding hydrogens is 436 g/mol. The van der Waals surface area contributed by atoms with Crippen LogP contribution in [0.5, 0.6) is 5.75 Å². The monoisotopic (exact) mass is 456 g/mol. The van der Waals surface area contributed by atoms with Gasteiger partial charge in [0.2, 0.25) is 0 Å². The molecule has 0 saturated heterocycles. The van der Waals surface area contributed by atoms with Gasteiger partial charge < -0.3 is 10.1 Å². The summed E-state index contributed by atoms with van der Waals surface area (Å²) in [6, 6.07) is 18.3. The first-order valence-corrected chi connectivity index (χ1v) is 11.6. The maximum absolute atomic E-state index is 13.2. The highest BCUT2D eigenvalue weighted by atomic mass is 35.5. The van der Waals surface area contributed by atoms with Gasteiger partial charge >= 0.3 is 0 Å². The predicted molar refractivity (Wildman–Crippen MR) is 122 cm³/mol. The molecule has 0 spiro atoms. The van der Waals surface area contributed by atoms with Gasteiger partial charge in [-0.25, -0.2) is 8.42 Å². The van der Waals surface area contributed by atoms with Crippen LogP contribution in [0.25, 0.3) is 0 Å². The number of halogens is 1. The first kappa shape index (κ1) is 21.2. The fourth-order valence-electron chi connectivity index (χ4n) is 3.57. The number of amides is 1. The number of aryl methyl sites for hydroxylation is 1. The van der Waals surface area contributed by atoms with Crippen LogP contribution < -0.4 is 14.4 Å². The second kappa shape index (κ2) is 8.61. The van der Waals surface area contributed by atoms with E-state index in [9.17, 15) is 13.2 Å². The largest absolute Gasteiger partial charge is 0.497 e. The molecule has 1 N–H and O–H groups in total. The fraction of sp³-hybridized carbons (Fsp3) is 0.174. The normalized spacial score (nSPS) is 13.4. The van der Waals surface area contributed by atoms with Crippen molar-refractivity contribution in [2.45, 2.75) is 17.7 Å². The molecule has 1 aliphatic rings. The number of nitrogens with one attached hydrogen (secondary N) is 1. The summed E-state index contributed by atoms with van der Waals surface area (Å²) in [7, 11) is -2.17. The van der Waals surface area contributed by atoms with Crippen LogP contribution in [0.15, 0.2) is 71.6 Å². The molecule has 160 valence electrons. The molecule has 0 unspecified atom stereocenters. The minimum absolute atomic E-state index is 0.210. The van der Waals surface area contributed by atoms with E-state index in [4.69, 9.17) is 16.3 Å². The van der Waals surface area contributed by atoms with Crippen LogP contribution in [-0.4, -0.2) is 28.0 Å². The Bertz CT molecular complexity index is 1210. The number of ether oxygens (including phenoxy) is 1. The van der Waals surface area contributed by atoms with Crippen molar-refractivity contribution in [1.82, 2.24) is 0 Å². The number of anilines is 2. The van der Waals surface area contributed by atoms with Gasteiger partial charge in [0.1, 0.15) is 5.75 Å². The zero-order valence-corrected chi connectivity index (χ0v) is 18.4.